The highest BCUT2D eigenvalue weighted by Crippen LogP contribution is 2.35. The van der Waals surface area contributed by atoms with Gasteiger partial charge in [-0.2, -0.15) is 0 Å². The fraction of sp³-hybridized carbons (Fsp3) is 0.600. The predicted molar refractivity (Wildman–Crippen MR) is 81.8 cm³/mol. The van der Waals surface area contributed by atoms with Gasteiger partial charge in [0.25, 0.3) is 0 Å². The van der Waals surface area contributed by atoms with Gasteiger partial charge in [-0.15, -0.1) is 0 Å². The molecule has 1 aromatic heterocycles. The molecule has 0 aliphatic heterocycles. The SMILES string of the molecule is Cc1nc(Cl)ccc1NC(=O)C1(CN)CCCCCC1. The normalized spacial score (nSPS) is 18.4. The van der Waals surface area contributed by atoms with Crippen LogP contribution in [0.25, 0.3) is 0 Å². The topological polar surface area (TPSA) is 68.0 Å². The summed E-state index contributed by atoms with van der Waals surface area (Å²) in [7, 11) is 0. The van der Waals surface area contributed by atoms with Gasteiger partial charge in [-0.3, -0.25) is 4.79 Å². The highest BCUT2D eigenvalue weighted by Gasteiger charge is 2.37. The zero-order valence-electron chi connectivity index (χ0n) is 11.9. The Morgan fingerprint density at radius 2 is 2.00 bits per heavy atom. The Bertz CT molecular complexity index is 482. The zero-order valence-corrected chi connectivity index (χ0v) is 12.7. The van der Waals surface area contributed by atoms with Gasteiger partial charge < -0.3 is 11.1 Å². The van der Waals surface area contributed by atoms with Gasteiger partial charge in [-0.25, -0.2) is 4.98 Å². The van der Waals surface area contributed by atoms with E-state index >= 15 is 0 Å². The lowest BCUT2D eigenvalue weighted by molar-refractivity contribution is -0.125. The first-order valence-electron chi connectivity index (χ1n) is 7.22. The van der Waals surface area contributed by atoms with E-state index in [9.17, 15) is 4.79 Å². The predicted octanol–water partition coefficient (Wildman–Crippen LogP) is 3.28. The van der Waals surface area contributed by atoms with Crippen LogP contribution in [0.4, 0.5) is 5.69 Å². The molecule has 1 aromatic rings. The molecule has 1 heterocycles. The second-order valence-corrected chi connectivity index (χ2v) is 6.01. The van der Waals surface area contributed by atoms with Crippen LogP contribution in [-0.4, -0.2) is 17.4 Å². The first-order valence-corrected chi connectivity index (χ1v) is 7.60. The summed E-state index contributed by atoms with van der Waals surface area (Å²) in [5.74, 6) is 0.0223. The van der Waals surface area contributed by atoms with E-state index in [1.54, 1.807) is 12.1 Å². The van der Waals surface area contributed by atoms with Crippen molar-refractivity contribution >= 4 is 23.2 Å². The Labute approximate surface area is 125 Å². The number of carbonyl (C=O) groups is 1. The second kappa shape index (κ2) is 6.55. The van der Waals surface area contributed by atoms with E-state index in [2.05, 4.69) is 10.3 Å². The molecule has 110 valence electrons. The second-order valence-electron chi connectivity index (χ2n) is 5.62. The van der Waals surface area contributed by atoms with Crippen LogP contribution in [0, 0.1) is 12.3 Å². The third-order valence-corrected chi connectivity index (χ3v) is 4.44. The smallest absolute Gasteiger partial charge is 0.231 e. The van der Waals surface area contributed by atoms with E-state index in [1.165, 1.54) is 12.8 Å². The van der Waals surface area contributed by atoms with Gasteiger partial charge in [0.05, 0.1) is 16.8 Å². The maximum Gasteiger partial charge on any atom is 0.231 e. The van der Waals surface area contributed by atoms with E-state index < -0.39 is 5.41 Å². The van der Waals surface area contributed by atoms with Gasteiger partial charge in [0.15, 0.2) is 0 Å². The Kier molecular flexibility index (Phi) is 5.00. The van der Waals surface area contributed by atoms with Gasteiger partial charge in [0.1, 0.15) is 5.15 Å². The standard InChI is InChI=1S/C15H22ClN3O/c1-11-12(6-7-13(16)18-11)19-14(20)15(10-17)8-4-2-3-5-9-15/h6-7H,2-5,8-10,17H2,1H3,(H,19,20). The highest BCUT2D eigenvalue weighted by atomic mass is 35.5. The number of hydrogen-bond acceptors (Lipinski definition) is 3. The van der Waals surface area contributed by atoms with Crippen LogP contribution in [0.15, 0.2) is 12.1 Å². The molecule has 1 amide bonds. The quantitative estimate of drug-likeness (QED) is 0.664. The number of pyridine rings is 1. The van der Waals surface area contributed by atoms with Crippen molar-refractivity contribution in [1.29, 1.82) is 0 Å². The monoisotopic (exact) mass is 295 g/mol. The fourth-order valence-electron chi connectivity index (χ4n) is 2.85. The average molecular weight is 296 g/mol. The van der Waals surface area contributed by atoms with Gasteiger partial charge in [-0.05, 0) is 31.9 Å². The summed E-state index contributed by atoms with van der Waals surface area (Å²) in [6, 6.07) is 3.48. The van der Waals surface area contributed by atoms with Gasteiger partial charge in [0, 0.05) is 6.54 Å². The van der Waals surface area contributed by atoms with E-state index in [1.807, 2.05) is 6.92 Å². The number of halogens is 1. The summed E-state index contributed by atoms with van der Waals surface area (Å²) in [6.45, 7) is 2.24. The minimum atomic E-state index is -0.428. The van der Waals surface area contributed by atoms with Crippen molar-refractivity contribution in [3.05, 3.63) is 23.0 Å². The first kappa shape index (κ1) is 15.3. The summed E-state index contributed by atoms with van der Waals surface area (Å²) in [6.07, 6.45) is 6.27. The number of nitrogens with two attached hydrogens (primary N) is 1. The summed E-state index contributed by atoms with van der Waals surface area (Å²) in [4.78, 5) is 16.8. The molecule has 0 bridgehead atoms. The largest absolute Gasteiger partial charge is 0.329 e. The summed E-state index contributed by atoms with van der Waals surface area (Å²) in [5.41, 5.74) is 6.95. The van der Waals surface area contributed by atoms with Gasteiger partial charge >= 0.3 is 0 Å². The van der Waals surface area contributed by atoms with Crippen molar-refractivity contribution in [3.8, 4) is 0 Å². The van der Waals surface area contributed by atoms with E-state index in [0.717, 1.165) is 37.1 Å². The van der Waals surface area contributed by atoms with Gasteiger partial charge in [0.2, 0.25) is 5.91 Å². The molecule has 0 aromatic carbocycles. The molecule has 3 N–H and O–H groups in total. The van der Waals surface area contributed by atoms with Crippen molar-refractivity contribution in [1.82, 2.24) is 4.98 Å². The number of aromatic nitrogens is 1. The molecule has 0 atom stereocenters. The number of aryl methyl sites for hydroxylation is 1. The average Bonchev–Trinajstić information content (AvgIpc) is 2.68. The van der Waals surface area contributed by atoms with Crippen LogP contribution in [0.1, 0.15) is 44.2 Å². The minimum Gasteiger partial charge on any atom is -0.329 e. The number of rotatable bonds is 3. The van der Waals surface area contributed by atoms with Crippen molar-refractivity contribution in [2.75, 3.05) is 11.9 Å². The fourth-order valence-corrected chi connectivity index (χ4v) is 3.04. The highest BCUT2D eigenvalue weighted by molar-refractivity contribution is 6.29. The zero-order chi connectivity index (χ0) is 14.6. The maximum atomic E-state index is 12.7. The Hall–Kier alpha value is -1.13. The Balaban J connectivity index is 2.16. The Morgan fingerprint density at radius 1 is 1.35 bits per heavy atom. The van der Waals surface area contributed by atoms with Crippen LogP contribution in [0.3, 0.4) is 0 Å². The summed E-state index contributed by atoms with van der Waals surface area (Å²) in [5, 5.41) is 3.42. The number of amides is 1. The van der Waals surface area contributed by atoms with Crippen LogP contribution >= 0.6 is 11.6 Å². The summed E-state index contributed by atoms with van der Waals surface area (Å²) >= 11 is 5.83. The van der Waals surface area contributed by atoms with E-state index in [0.29, 0.717) is 11.7 Å². The molecule has 2 rings (SSSR count). The molecule has 20 heavy (non-hydrogen) atoms. The third-order valence-electron chi connectivity index (χ3n) is 4.23. The van der Waals surface area contributed by atoms with Crippen molar-refractivity contribution in [2.45, 2.75) is 45.4 Å². The minimum absolute atomic E-state index is 0.0223. The van der Waals surface area contributed by atoms with Crippen LogP contribution in [0.2, 0.25) is 5.15 Å². The molecule has 4 nitrogen and oxygen atoms in total. The van der Waals surface area contributed by atoms with Crippen LogP contribution in [0.5, 0.6) is 0 Å². The molecule has 1 aliphatic rings. The molecule has 0 radical (unpaired) electrons. The molecule has 0 saturated heterocycles. The molecular formula is C15H22ClN3O. The number of anilines is 1. The lowest BCUT2D eigenvalue weighted by Crippen LogP contribution is -2.42. The molecule has 1 saturated carbocycles. The maximum absolute atomic E-state index is 12.7. The molecule has 1 fully saturated rings. The number of hydrogen-bond donors (Lipinski definition) is 2. The lowest BCUT2D eigenvalue weighted by Gasteiger charge is -2.30. The molecule has 5 heteroatoms. The Morgan fingerprint density at radius 3 is 2.55 bits per heavy atom. The molecule has 0 spiro atoms. The van der Waals surface area contributed by atoms with Crippen molar-refractivity contribution in [3.63, 3.8) is 0 Å². The lowest BCUT2D eigenvalue weighted by atomic mass is 9.79. The number of carbonyl (C=O) groups excluding carboxylic acids is 1. The summed E-state index contributed by atoms with van der Waals surface area (Å²) < 4.78 is 0. The number of nitrogens with one attached hydrogen (secondary N) is 1. The molecular weight excluding hydrogens is 274 g/mol. The molecule has 1 aliphatic carbocycles. The van der Waals surface area contributed by atoms with E-state index in [4.69, 9.17) is 17.3 Å². The third kappa shape index (κ3) is 3.30. The van der Waals surface area contributed by atoms with Crippen molar-refractivity contribution < 1.29 is 4.79 Å². The van der Waals surface area contributed by atoms with Crippen LogP contribution < -0.4 is 11.1 Å². The first-order chi connectivity index (χ1) is 9.57. The van der Waals surface area contributed by atoms with E-state index in [-0.39, 0.29) is 5.91 Å². The van der Waals surface area contributed by atoms with Gasteiger partial charge in [-0.1, -0.05) is 37.3 Å². The van der Waals surface area contributed by atoms with Crippen LogP contribution in [-0.2, 0) is 4.79 Å². The number of nitrogens with zero attached hydrogens (tertiary/aromatic N) is 1. The molecule has 0 unspecified atom stereocenters. The van der Waals surface area contributed by atoms with Crippen molar-refractivity contribution in [2.24, 2.45) is 11.1 Å².